The first-order valence-corrected chi connectivity index (χ1v) is 9.34. The normalized spacial score (nSPS) is 14.1. The summed E-state index contributed by atoms with van der Waals surface area (Å²) in [7, 11) is 3.09. The van der Waals surface area contributed by atoms with Gasteiger partial charge in [0.05, 0.1) is 31.6 Å². The van der Waals surface area contributed by atoms with Gasteiger partial charge in [0.2, 0.25) is 0 Å². The van der Waals surface area contributed by atoms with Crippen LogP contribution in [0.3, 0.4) is 0 Å². The molecule has 0 radical (unpaired) electrons. The van der Waals surface area contributed by atoms with Crippen molar-refractivity contribution in [3.63, 3.8) is 0 Å². The fraction of sp³-hybridized carbons (Fsp3) is 0.286. The lowest BCUT2D eigenvalue weighted by molar-refractivity contribution is 0.0535. The summed E-state index contributed by atoms with van der Waals surface area (Å²) in [6.07, 6.45) is 1.61. The van der Waals surface area contributed by atoms with Gasteiger partial charge in [-0.3, -0.25) is 9.59 Å². The Labute approximate surface area is 168 Å². The third kappa shape index (κ3) is 3.61. The molecule has 1 saturated heterocycles. The molecule has 8 nitrogen and oxygen atoms in total. The van der Waals surface area contributed by atoms with E-state index < -0.39 is 0 Å². The quantitative estimate of drug-likeness (QED) is 0.733. The lowest BCUT2D eigenvalue weighted by Gasteiger charge is -2.35. The summed E-state index contributed by atoms with van der Waals surface area (Å²) in [4.78, 5) is 36.4. The number of ether oxygens (including phenoxy) is 2. The van der Waals surface area contributed by atoms with Crippen molar-refractivity contribution >= 4 is 22.8 Å². The highest BCUT2D eigenvalue weighted by Crippen LogP contribution is 2.28. The SMILES string of the molecule is COc1ccc(C(=O)N2CCN(C(=O)c3ccc4nc[nH]c4c3)CC2)cc1OC. The first-order valence-electron chi connectivity index (χ1n) is 9.34. The molecule has 1 N–H and O–H groups in total. The molecule has 0 atom stereocenters. The van der Waals surface area contributed by atoms with Gasteiger partial charge in [-0.15, -0.1) is 0 Å². The molecular weight excluding hydrogens is 372 g/mol. The Morgan fingerprint density at radius 3 is 2.07 bits per heavy atom. The van der Waals surface area contributed by atoms with E-state index >= 15 is 0 Å². The molecule has 29 heavy (non-hydrogen) atoms. The van der Waals surface area contributed by atoms with E-state index in [-0.39, 0.29) is 11.8 Å². The van der Waals surface area contributed by atoms with Gasteiger partial charge < -0.3 is 24.3 Å². The van der Waals surface area contributed by atoms with Crippen molar-refractivity contribution in [1.29, 1.82) is 0 Å². The Hall–Kier alpha value is -3.55. The Balaban J connectivity index is 1.42. The number of hydrogen-bond donors (Lipinski definition) is 1. The number of methoxy groups -OCH3 is 2. The summed E-state index contributed by atoms with van der Waals surface area (Å²) in [5, 5.41) is 0. The van der Waals surface area contributed by atoms with Crippen LogP contribution >= 0.6 is 0 Å². The number of imidazole rings is 1. The Morgan fingerprint density at radius 1 is 0.862 bits per heavy atom. The predicted molar refractivity (Wildman–Crippen MR) is 107 cm³/mol. The first kappa shape index (κ1) is 18.8. The molecule has 3 aromatic rings. The molecule has 150 valence electrons. The van der Waals surface area contributed by atoms with E-state index in [1.165, 1.54) is 7.11 Å². The van der Waals surface area contributed by atoms with E-state index in [0.717, 1.165) is 11.0 Å². The fourth-order valence-corrected chi connectivity index (χ4v) is 3.52. The summed E-state index contributed by atoms with van der Waals surface area (Å²) in [6.45, 7) is 1.92. The van der Waals surface area contributed by atoms with Gasteiger partial charge in [0.1, 0.15) is 0 Å². The van der Waals surface area contributed by atoms with Crippen molar-refractivity contribution < 1.29 is 19.1 Å². The molecule has 0 aliphatic carbocycles. The number of benzene rings is 2. The van der Waals surface area contributed by atoms with Crippen LogP contribution < -0.4 is 9.47 Å². The molecule has 2 amide bonds. The molecule has 0 bridgehead atoms. The van der Waals surface area contributed by atoms with Crippen LogP contribution in [0.5, 0.6) is 11.5 Å². The zero-order chi connectivity index (χ0) is 20.4. The number of carbonyl (C=O) groups excluding carboxylic acids is 2. The smallest absolute Gasteiger partial charge is 0.254 e. The number of nitrogens with zero attached hydrogens (tertiary/aromatic N) is 3. The Kier molecular flexibility index (Phi) is 5.07. The van der Waals surface area contributed by atoms with Crippen molar-refractivity contribution in [2.45, 2.75) is 0 Å². The standard InChI is InChI=1S/C21H22N4O4/c1-28-18-6-4-15(12-19(18)29-2)21(27)25-9-7-24(8-10-25)20(26)14-3-5-16-17(11-14)23-13-22-16/h3-6,11-13H,7-10H2,1-2H3,(H,22,23). The minimum atomic E-state index is -0.0862. The molecule has 2 aromatic carbocycles. The van der Waals surface area contributed by atoms with E-state index in [0.29, 0.717) is 48.8 Å². The van der Waals surface area contributed by atoms with Crippen LogP contribution in [0.25, 0.3) is 11.0 Å². The zero-order valence-corrected chi connectivity index (χ0v) is 16.3. The molecule has 0 spiro atoms. The van der Waals surface area contributed by atoms with Gasteiger partial charge in [-0.05, 0) is 36.4 Å². The summed E-state index contributed by atoms with van der Waals surface area (Å²) < 4.78 is 10.5. The lowest BCUT2D eigenvalue weighted by atomic mass is 10.1. The van der Waals surface area contributed by atoms with E-state index in [2.05, 4.69) is 9.97 Å². The van der Waals surface area contributed by atoms with Gasteiger partial charge in [0.15, 0.2) is 11.5 Å². The second-order valence-electron chi connectivity index (χ2n) is 6.79. The molecule has 1 aliphatic rings. The van der Waals surface area contributed by atoms with E-state index in [1.807, 2.05) is 12.1 Å². The molecular formula is C21H22N4O4. The number of nitrogens with one attached hydrogen (secondary N) is 1. The number of fused-ring (bicyclic) bond motifs is 1. The highest BCUT2D eigenvalue weighted by Gasteiger charge is 2.26. The van der Waals surface area contributed by atoms with Gasteiger partial charge in [-0.2, -0.15) is 0 Å². The van der Waals surface area contributed by atoms with Crippen LogP contribution in [0, 0.1) is 0 Å². The molecule has 0 unspecified atom stereocenters. The van der Waals surface area contributed by atoms with Crippen LogP contribution in [0.15, 0.2) is 42.7 Å². The predicted octanol–water partition coefficient (Wildman–Crippen LogP) is 2.18. The van der Waals surface area contributed by atoms with Crippen molar-refractivity contribution in [1.82, 2.24) is 19.8 Å². The minimum Gasteiger partial charge on any atom is -0.493 e. The van der Waals surface area contributed by atoms with Crippen molar-refractivity contribution in [3.05, 3.63) is 53.9 Å². The number of rotatable bonds is 4. The lowest BCUT2D eigenvalue weighted by Crippen LogP contribution is -2.50. The molecule has 1 fully saturated rings. The fourth-order valence-electron chi connectivity index (χ4n) is 3.52. The number of amides is 2. The van der Waals surface area contributed by atoms with Gasteiger partial charge in [-0.1, -0.05) is 0 Å². The second-order valence-corrected chi connectivity index (χ2v) is 6.79. The average Bonchev–Trinajstić information content (AvgIpc) is 3.25. The van der Waals surface area contributed by atoms with Crippen molar-refractivity contribution in [2.75, 3.05) is 40.4 Å². The molecule has 0 saturated carbocycles. The van der Waals surface area contributed by atoms with E-state index in [4.69, 9.17) is 9.47 Å². The average molecular weight is 394 g/mol. The summed E-state index contributed by atoms with van der Waals surface area (Å²) in [5.41, 5.74) is 2.80. The maximum absolute atomic E-state index is 12.8. The molecule has 4 rings (SSSR count). The van der Waals surface area contributed by atoms with E-state index in [9.17, 15) is 9.59 Å². The van der Waals surface area contributed by atoms with Gasteiger partial charge in [0.25, 0.3) is 11.8 Å². The van der Waals surface area contributed by atoms with Crippen LogP contribution in [0.1, 0.15) is 20.7 Å². The number of carbonyl (C=O) groups is 2. The number of H-pyrrole nitrogens is 1. The Bertz CT molecular complexity index is 1050. The molecule has 2 heterocycles. The number of aromatic amines is 1. The summed E-state index contributed by atoms with van der Waals surface area (Å²) >= 11 is 0. The van der Waals surface area contributed by atoms with Crippen LogP contribution in [-0.2, 0) is 0 Å². The van der Waals surface area contributed by atoms with E-state index in [1.54, 1.807) is 47.5 Å². The minimum absolute atomic E-state index is 0.0419. The molecule has 1 aromatic heterocycles. The largest absolute Gasteiger partial charge is 0.493 e. The zero-order valence-electron chi connectivity index (χ0n) is 16.3. The van der Waals surface area contributed by atoms with Crippen molar-refractivity contribution in [2.24, 2.45) is 0 Å². The third-order valence-electron chi connectivity index (χ3n) is 5.15. The third-order valence-corrected chi connectivity index (χ3v) is 5.15. The van der Waals surface area contributed by atoms with Crippen LogP contribution in [0.2, 0.25) is 0 Å². The second kappa shape index (κ2) is 7.83. The number of hydrogen-bond acceptors (Lipinski definition) is 5. The highest BCUT2D eigenvalue weighted by molar-refractivity contribution is 5.98. The molecule has 8 heteroatoms. The van der Waals surface area contributed by atoms with Crippen LogP contribution in [0.4, 0.5) is 0 Å². The Morgan fingerprint density at radius 2 is 1.45 bits per heavy atom. The maximum Gasteiger partial charge on any atom is 0.254 e. The summed E-state index contributed by atoms with van der Waals surface area (Å²) in [5.74, 6) is 0.965. The highest BCUT2D eigenvalue weighted by atomic mass is 16.5. The topological polar surface area (TPSA) is 87.8 Å². The molecule has 1 aliphatic heterocycles. The first-order chi connectivity index (χ1) is 14.1. The summed E-state index contributed by atoms with van der Waals surface area (Å²) in [6, 6.07) is 10.5. The van der Waals surface area contributed by atoms with Gasteiger partial charge in [0, 0.05) is 37.3 Å². The van der Waals surface area contributed by atoms with Gasteiger partial charge >= 0.3 is 0 Å². The number of piperazine rings is 1. The van der Waals surface area contributed by atoms with Gasteiger partial charge in [-0.25, -0.2) is 4.98 Å². The number of aromatic nitrogens is 2. The van der Waals surface area contributed by atoms with Crippen LogP contribution in [-0.4, -0.2) is 72.0 Å². The monoisotopic (exact) mass is 394 g/mol. The maximum atomic E-state index is 12.8. The van der Waals surface area contributed by atoms with Crippen molar-refractivity contribution in [3.8, 4) is 11.5 Å².